The summed E-state index contributed by atoms with van der Waals surface area (Å²) in [5, 5.41) is 7.12. The van der Waals surface area contributed by atoms with Crippen molar-refractivity contribution in [2.75, 3.05) is 19.0 Å². The largest absolute Gasteiger partial charge is 0.495 e. The molecule has 0 fully saturated rings. The molecule has 0 bridgehead atoms. The molecule has 0 unspecified atom stereocenters. The van der Waals surface area contributed by atoms with Crippen molar-refractivity contribution in [3.63, 3.8) is 0 Å². The van der Waals surface area contributed by atoms with E-state index in [1.54, 1.807) is 7.11 Å². The van der Waals surface area contributed by atoms with Crippen molar-refractivity contribution >= 4 is 17.3 Å². The second kappa shape index (κ2) is 6.93. The zero-order valence-electron chi connectivity index (χ0n) is 12.8. The van der Waals surface area contributed by atoms with E-state index in [1.165, 1.54) is 0 Å². The summed E-state index contributed by atoms with van der Waals surface area (Å²) in [7, 11) is 1.59. The van der Waals surface area contributed by atoms with Crippen LogP contribution in [0.2, 0.25) is 0 Å². The van der Waals surface area contributed by atoms with Gasteiger partial charge in [0.05, 0.1) is 19.3 Å². The van der Waals surface area contributed by atoms with E-state index in [2.05, 4.69) is 15.8 Å². The molecule has 0 spiro atoms. The first kappa shape index (κ1) is 16.0. The van der Waals surface area contributed by atoms with Crippen LogP contribution in [0.25, 0.3) is 0 Å². The lowest BCUT2D eigenvalue weighted by atomic mass is 9.91. The maximum absolute atomic E-state index is 11.7. The Balaban J connectivity index is 2.52. The Morgan fingerprint density at radius 1 is 1.30 bits per heavy atom. The molecule has 1 aromatic rings. The predicted octanol–water partition coefficient (Wildman–Crippen LogP) is 2.65. The molecule has 110 valence electrons. The number of methoxy groups -OCH3 is 1. The summed E-state index contributed by atoms with van der Waals surface area (Å²) < 4.78 is 5.20. The second-order valence-corrected chi connectivity index (χ2v) is 5.54. The van der Waals surface area contributed by atoms with Crippen molar-refractivity contribution in [2.45, 2.75) is 27.7 Å². The second-order valence-electron chi connectivity index (χ2n) is 5.54. The number of hydrogen-bond acceptors (Lipinski definition) is 4. The SMILES string of the molecule is COc1ccccc1NCC(=O)N/N=C(\C)C(C)(C)C. The number of ether oxygens (including phenoxy) is 1. The summed E-state index contributed by atoms with van der Waals surface area (Å²) in [5.74, 6) is 0.508. The highest BCUT2D eigenvalue weighted by Crippen LogP contribution is 2.22. The highest BCUT2D eigenvalue weighted by Gasteiger charge is 2.14. The smallest absolute Gasteiger partial charge is 0.259 e. The third kappa shape index (κ3) is 4.91. The maximum Gasteiger partial charge on any atom is 0.259 e. The molecular weight excluding hydrogens is 254 g/mol. The number of nitrogens with one attached hydrogen (secondary N) is 2. The molecule has 0 aromatic heterocycles. The molecule has 0 aliphatic rings. The highest BCUT2D eigenvalue weighted by atomic mass is 16.5. The molecular formula is C15H23N3O2. The fourth-order valence-electron chi connectivity index (χ4n) is 1.32. The number of nitrogens with zero attached hydrogens (tertiary/aromatic N) is 1. The molecule has 0 saturated heterocycles. The zero-order chi connectivity index (χ0) is 15.2. The zero-order valence-corrected chi connectivity index (χ0v) is 12.8. The van der Waals surface area contributed by atoms with Crippen LogP contribution in [0.4, 0.5) is 5.69 Å². The summed E-state index contributed by atoms with van der Waals surface area (Å²) in [4.78, 5) is 11.7. The minimum atomic E-state index is -0.195. The summed E-state index contributed by atoms with van der Waals surface area (Å²) in [6.45, 7) is 8.18. The summed E-state index contributed by atoms with van der Waals surface area (Å²) in [6.07, 6.45) is 0. The van der Waals surface area contributed by atoms with Crippen LogP contribution in [0.3, 0.4) is 0 Å². The maximum atomic E-state index is 11.7. The first-order valence-electron chi connectivity index (χ1n) is 6.55. The molecule has 20 heavy (non-hydrogen) atoms. The van der Waals surface area contributed by atoms with E-state index in [0.717, 1.165) is 11.4 Å². The third-order valence-electron chi connectivity index (χ3n) is 2.98. The number of carbonyl (C=O) groups is 1. The van der Waals surface area contributed by atoms with E-state index in [9.17, 15) is 4.79 Å². The van der Waals surface area contributed by atoms with Gasteiger partial charge in [-0.3, -0.25) is 4.79 Å². The average molecular weight is 277 g/mol. The number of amides is 1. The van der Waals surface area contributed by atoms with Gasteiger partial charge in [0.15, 0.2) is 0 Å². The topological polar surface area (TPSA) is 62.7 Å². The van der Waals surface area contributed by atoms with Crippen molar-refractivity contribution < 1.29 is 9.53 Å². The Labute approximate surface area is 120 Å². The van der Waals surface area contributed by atoms with Gasteiger partial charge in [0, 0.05) is 11.1 Å². The van der Waals surface area contributed by atoms with Crippen molar-refractivity contribution in [1.29, 1.82) is 0 Å². The minimum absolute atomic E-state index is 0.0522. The Morgan fingerprint density at radius 2 is 1.95 bits per heavy atom. The Bertz CT molecular complexity index is 490. The molecule has 0 atom stereocenters. The van der Waals surface area contributed by atoms with Gasteiger partial charge in [-0.25, -0.2) is 5.43 Å². The van der Waals surface area contributed by atoms with Crippen LogP contribution in [0.5, 0.6) is 5.75 Å². The number of para-hydroxylation sites is 2. The number of rotatable bonds is 5. The molecule has 1 amide bonds. The molecule has 0 aliphatic heterocycles. The fourth-order valence-corrected chi connectivity index (χ4v) is 1.32. The molecule has 0 radical (unpaired) electrons. The van der Waals surface area contributed by atoms with Gasteiger partial charge in [-0.15, -0.1) is 0 Å². The fraction of sp³-hybridized carbons (Fsp3) is 0.467. The monoisotopic (exact) mass is 277 g/mol. The number of benzene rings is 1. The molecule has 2 N–H and O–H groups in total. The van der Waals surface area contributed by atoms with Crippen molar-refractivity contribution in [3.8, 4) is 5.75 Å². The Hall–Kier alpha value is -2.04. The predicted molar refractivity (Wildman–Crippen MR) is 82.2 cm³/mol. The van der Waals surface area contributed by atoms with Crippen LogP contribution in [-0.4, -0.2) is 25.3 Å². The van der Waals surface area contributed by atoms with Gasteiger partial charge in [-0.1, -0.05) is 32.9 Å². The van der Waals surface area contributed by atoms with Crippen LogP contribution >= 0.6 is 0 Å². The standard InChI is InChI=1S/C15H23N3O2/c1-11(15(2,3)4)17-18-14(19)10-16-12-8-6-7-9-13(12)20-5/h6-9,16H,10H2,1-5H3,(H,18,19)/b17-11+. The third-order valence-corrected chi connectivity index (χ3v) is 2.98. The number of anilines is 1. The highest BCUT2D eigenvalue weighted by molar-refractivity contribution is 5.89. The Morgan fingerprint density at radius 3 is 2.55 bits per heavy atom. The van der Waals surface area contributed by atoms with E-state index in [4.69, 9.17) is 4.74 Å². The van der Waals surface area contributed by atoms with Gasteiger partial charge in [0.25, 0.3) is 5.91 Å². The van der Waals surface area contributed by atoms with E-state index in [1.807, 2.05) is 52.0 Å². The number of hydrazone groups is 1. The van der Waals surface area contributed by atoms with Gasteiger partial charge in [0.1, 0.15) is 5.75 Å². The van der Waals surface area contributed by atoms with Crippen LogP contribution in [0.15, 0.2) is 29.4 Å². The van der Waals surface area contributed by atoms with Gasteiger partial charge in [-0.2, -0.15) is 5.10 Å². The lowest BCUT2D eigenvalue weighted by Crippen LogP contribution is -2.29. The van der Waals surface area contributed by atoms with Gasteiger partial charge < -0.3 is 10.1 Å². The molecule has 1 rings (SSSR count). The molecule has 0 heterocycles. The lowest BCUT2D eigenvalue weighted by molar-refractivity contribution is -0.119. The summed E-state index contributed by atoms with van der Waals surface area (Å²) in [5.41, 5.74) is 4.15. The van der Waals surface area contributed by atoms with Crippen molar-refractivity contribution in [2.24, 2.45) is 10.5 Å². The summed E-state index contributed by atoms with van der Waals surface area (Å²) >= 11 is 0. The van der Waals surface area contributed by atoms with E-state index < -0.39 is 0 Å². The molecule has 0 aliphatic carbocycles. The summed E-state index contributed by atoms with van der Waals surface area (Å²) in [6, 6.07) is 7.45. The molecule has 5 heteroatoms. The number of hydrogen-bond donors (Lipinski definition) is 2. The van der Waals surface area contributed by atoms with Crippen LogP contribution in [0, 0.1) is 5.41 Å². The normalized spacial score (nSPS) is 11.9. The average Bonchev–Trinajstić information content (AvgIpc) is 2.41. The van der Waals surface area contributed by atoms with Crippen LogP contribution < -0.4 is 15.5 Å². The van der Waals surface area contributed by atoms with E-state index >= 15 is 0 Å². The van der Waals surface area contributed by atoms with Gasteiger partial charge in [0.2, 0.25) is 0 Å². The van der Waals surface area contributed by atoms with E-state index in [-0.39, 0.29) is 17.9 Å². The van der Waals surface area contributed by atoms with Crippen LogP contribution in [0.1, 0.15) is 27.7 Å². The molecule has 5 nitrogen and oxygen atoms in total. The Kier molecular flexibility index (Phi) is 5.55. The quantitative estimate of drug-likeness (QED) is 0.642. The first-order chi connectivity index (χ1) is 9.34. The van der Waals surface area contributed by atoms with Crippen molar-refractivity contribution in [1.82, 2.24) is 5.43 Å². The first-order valence-corrected chi connectivity index (χ1v) is 6.55. The van der Waals surface area contributed by atoms with Gasteiger partial charge in [-0.05, 0) is 19.1 Å². The van der Waals surface area contributed by atoms with Crippen molar-refractivity contribution in [3.05, 3.63) is 24.3 Å². The van der Waals surface area contributed by atoms with Gasteiger partial charge >= 0.3 is 0 Å². The minimum Gasteiger partial charge on any atom is -0.495 e. The lowest BCUT2D eigenvalue weighted by Gasteiger charge is -2.17. The van der Waals surface area contributed by atoms with Crippen LogP contribution in [-0.2, 0) is 4.79 Å². The molecule has 0 saturated carbocycles. The number of carbonyl (C=O) groups excluding carboxylic acids is 1. The molecule has 1 aromatic carbocycles. The van der Waals surface area contributed by atoms with E-state index in [0.29, 0.717) is 5.75 Å².